The second kappa shape index (κ2) is 11.6. The summed E-state index contributed by atoms with van der Waals surface area (Å²) >= 11 is 4.62. The molecule has 6 heteroatoms. The van der Waals surface area contributed by atoms with Gasteiger partial charge in [0.1, 0.15) is 6.10 Å². The molecule has 0 saturated heterocycles. The van der Waals surface area contributed by atoms with Gasteiger partial charge < -0.3 is 9.47 Å². The van der Waals surface area contributed by atoms with Gasteiger partial charge in [0, 0.05) is 13.1 Å². The van der Waals surface area contributed by atoms with E-state index < -0.39 is 24.1 Å². The second-order valence-corrected chi connectivity index (χ2v) is 12.0. The molecule has 1 aliphatic rings. The van der Waals surface area contributed by atoms with Gasteiger partial charge in [0.2, 0.25) is 0 Å². The molecule has 4 unspecified atom stereocenters. The van der Waals surface area contributed by atoms with Crippen molar-refractivity contribution in [2.24, 2.45) is 0 Å². The third kappa shape index (κ3) is 5.52. The molecule has 0 saturated carbocycles. The van der Waals surface area contributed by atoms with E-state index in [4.69, 9.17) is 9.47 Å². The summed E-state index contributed by atoms with van der Waals surface area (Å²) in [5, 5.41) is 0. The average molecular weight is 728 g/mol. The minimum atomic E-state index is -0.727. The van der Waals surface area contributed by atoms with E-state index in [1.807, 2.05) is 43.3 Å². The van der Waals surface area contributed by atoms with Crippen molar-refractivity contribution in [1.82, 2.24) is 0 Å². The van der Waals surface area contributed by atoms with Crippen LogP contribution in [0.4, 0.5) is 0 Å². The highest BCUT2D eigenvalue weighted by molar-refractivity contribution is 14.1. The van der Waals surface area contributed by atoms with Gasteiger partial charge in [-0.05, 0) is 123 Å². The predicted octanol–water partition coefficient (Wildman–Crippen LogP) is 7.90. The van der Waals surface area contributed by atoms with Gasteiger partial charge in [-0.1, -0.05) is 55.5 Å². The van der Waals surface area contributed by atoms with Crippen molar-refractivity contribution in [3.63, 3.8) is 0 Å². The van der Waals surface area contributed by atoms with E-state index in [0.717, 1.165) is 29.4 Å². The molecule has 0 amide bonds. The van der Waals surface area contributed by atoms with Crippen LogP contribution in [0.3, 0.4) is 0 Å². The van der Waals surface area contributed by atoms with E-state index in [0.29, 0.717) is 11.1 Å². The minimum absolute atomic E-state index is 0.194. The first-order valence-corrected chi connectivity index (χ1v) is 14.6. The highest BCUT2D eigenvalue weighted by Gasteiger charge is 2.47. The van der Waals surface area contributed by atoms with Gasteiger partial charge in [0.15, 0.2) is 6.10 Å². The molecule has 0 radical (unpaired) electrons. The number of carbonyl (C=O) groups excluding carboxylic acids is 2. The number of halogens is 2. The van der Waals surface area contributed by atoms with Crippen molar-refractivity contribution in [1.29, 1.82) is 0 Å². The van der Waals surface area contributed by atoms with Gasteiger partial charge in [-0.2, -0.15) is 0 Å². The molecule has 4 aromatic rings. The first-order chi connectivity index (χ1) is 18.3. The number of ether oxygens (including phenoxy) is 2. The van der Waals surface area contributed by atoms with Crippen LogP contribution in [0.2, 0.25) is 0 Å². The Morgan fingerprint density at radius 2 is 1.13 bits per heavy atom. The Morgan fingerprint density at radius 1 is 0.632 bits per heavy atom. The van der Waals surface area contributed by atoms with Crippen LogP contribution in [0, 0.1) is 14.1 Å². The van der Waals surface area contributed by atoms with E-state index in [1.165, 1.54) is 0 Å². The van der Waals surface area contributed by atoms with Crippen LogP contribution in [0.1, 0.15) is 61.7 Å². The van der Waals surface area contributed by atoms with Gasteiger partial charge in [0.25, 0.3) is 0 Å². The molecule has 1 aliphatic carbocycles. The molecular formula is C32H26I2O4. The van der Waals surface area contributed by atoms with Crippen LogP contribution < -0.4 is 0 Å². The minimum Gasteiger partial charge on any atom is -0.454 e. The van der Waals surface area contributed by atoms with Crippen molar-refractivity contribution >= 4 is 57.1 Å². The van der Waals surface area contributed by atoms with Crippen molar-refractivity contribution in [2.45, 2.75) is 37.9 Å². The van der Waals surface area contributed by atoms with Gasteiger partial charge in [-0.15, -0.1) is 0 Å². The third-order valence-electron chi connectivity index (χ3n) is 7.10. The van der Waals surface area contributed by atoms with Crippen LogP contribution in [-0.4, -0.2) is 24.1 Å². The number of hydrogen-bond acceptors (Lipinski definition) is 4. The standard InChI is InChI=1S/C32H26I2O4/c1-19-13-14-23(33)17-26(19)28-25-16-15-24(34)18-27(25)20(2)29(37-31(35)21-9-5-3-6-10-21)30(28)38-32(36)22-11-7-4-8-12-22/h3-18,20,28-30H,1-2H3. The van der Waals surface area contributed by atoms with E-state index in [-0.39, 0.29) is 11.8 Å². The Morgan fingerprint density at radius 3 is 1.71 bits per heavy atom. The van der Waals surface area contributed by atoms with E-state index in [2.05, 4.69) is 88.5 Å². The van der Waals surface area contributed by atoms with Crippen molar-refractivity contribution in [3.8, 4) is 0 Å². The lowest BCUT2D eigenvalue weighted by molar-refractivity contribution is -0.0532. The molecular weight excluding hydrogens is 702 g/mol. The maximum absolute atomic E-state index is 13.5. The van der Waals surface area contributed by atoms with Gasteiger partial charge in [-0.3, -0.25) is 0 Å². The van der Waals surface area contributed by atoms with Gasteiger partial charge in [0.05, 0.1) is 17.0 Å². The molecule has 0 aromatic heterocycles. The molecule has 5 rings (SSSR count). The van der Waals surface area contributed by atoms with Crippen LogP contribution in [0.15, 0.2) is 97.1 Å². The summed E-state index contributed by atoms with van der Waals surface area (Å²) in [6.07, 6.45) is -1.42. The lowest BCUT2D eigenvalue weighted by Crippen LogP contribution is -2.47. The Balaban J connectivity index is 1.66. The number of esters is 2. The number of rotatable bonds is 5. The molecule has 0 fully saturated rings. The molecule has 38 heavy (non-hydrogen) atoms. The number of carbonyl (C=O) groups is 2. The highest BCUT2D eigenvalue weighted by atomic mass is 127. The van der Waals surface area contributed by atoms with E-state index in [9.17, 15) is 9.59 Å². The Bertz CT molecular complexity index is 1470. The summed E-state index contributed by atoms with van der Waals surface area (Å²) in [6, 6.07) is 30.5. The first kappa shape index (κ1) is 26.9. The summed E-state index contributed by atoms with van der Waals surface area (Å²) < 4.78 is 14.7. The van der Waals surface area contributed by atoms with E-state index >= 15 is 0 Å². The zero-order chi connectivity index (χ0) is 26.8. The summed E-state index contributed by atoms with van der Waals surface area (Å²) in [5.74, 6) is -1.38. The van der Waals surface area contributed by atoms with Crippen LogP contribution in [0.25, 0.3) is 0 Å². The second-order valence-electron chi connectivity index (χ2n) is 9.51. The zero-order valence-corrected chi connectivity index (χ0v) is 25.3. The van der Waals surface area contributed by atoms with E-state index in [1.54, 1.807) is 24.3 Å². The number of benzene rings is 4. The summed E-state index contributed by atoms with van der Waals surface area (Å²) in [5.41, 5.74) is 5.24. The highest BCUT2D eigenvalue weighted by Crippen LogP contribution is 2.47. The fourth-order valence-corrected chi connectivity index (χ4v) is 6.21. The molecule has 192 valence electrons. The topological polar surface area (TPSA) is 52.6 Å². The quantitative estimate of drug-likeness (QED) is 0.155. The average Bonchev–Trinajstić information content (AvgIpc) is 2.93. The molecule has 4 aromatic carbocycles. The Labute approximate surface area is 250 Å². The van der Waals surface area contributed by atoms with Crippen molar-refractivity contribution in [3.05, 3.63) is 138 Å². The predicted molar refractivity (Wildman–Crippen MR) is 165 cm³/mol. The first-order valence-electron chi connectivity index (χ1n) is 12.4. The monoisotopic (exact) mass is 728 g/mol. The summed E-state index contributed by atoms with van der Waals surface area (Å²) in [4.78, 5) is 26.8. The smallest absolute Gasteiger partial charge is 0.338 e. The molecule has 0 aliphatic heterocycles. The maximum Gasteiger partial charge on any atom is 0.338 e. The van der Waals surface area contributed by atoms with Gasteiger partial charge in [-0.25, -0.2) is 9.59 Å². The Kier molecular flexibility index (Phi) is 8.18. The molecule has 4 atom stereocenters. The normalized spacial score (nSPS) is 20.3. The van der Waals surface area contributed by atoms with Crippen molar-refractivity contribution < 1.29 is 19.1 Å². The molecule has 4 nitrogen and oxygen atoms in total. The third-order valence-corrected chi connectivity index (χ3v) is 8.44. The number of fused-ring (bicyclic) bond motifs is 1. The summed E-state index contributed by atoms with van der Waals surface area (Å²) in [7, 11) is 0. The summed E-state index contributed by atoms with van der Waals surface area (Å²) in [6.45, 7) is 4.11. The van der Waals surface area contributed by atoms with Crippen LogP contribution in [-0.2, 0) is 9.47 Å². The fourth-order valence-electron chi connectivity index (χ4n) is 5.18. The molecule has 0 spiro atoms. The largest absolute Gasteiger partial charge is 0.454 e. The lowest BCUT2D eigenvalue weighted by atomic mass is 9.70. The van der Waals surface area contributed by atoms with Crippen molar-refractivity contribution in [2.75, 3.05) is 0 Å². The number of aryl methyl sites for hydroxylation is 1. The van der Waals surface area contributed by atoms with Crippen LogP contribution >= 0.6 is 45.2 Å². The Hall–Kier alpha value is -2.72. The number of hydrogen-bond donors (Lipinski definition) is 0. The fraction of sp³-hybridized carbons (Fsp3) is 0.188. The van der Waals surface area contributed by atoms with Crippen LogP contribution in [0.5, 0.6) is 0 Å². The SMILES string of the molecule is Cc1ccc(I)cc1C1c2ccc(I)cc2C(C)C(OC(=O)c2ccccc2)C1OC(=O)c1ccccc1. The lowest BCUT2D eigenvalue weighted by Gasteiger charge is -2.42. The molecule has 0 bridgehead atoms. The molecule has 0 heterocycles. The maximum atomic E-state index is 13.5. The molecule has 0 N–H and O–H groups in total. The zero-order valence-electron chi connectivity index (χ0n) is 20.9. The van der Waals surface area contributed by atoms with Gasteiger partial charge >= 0.3 is 11.9 Å².